The molecule has 0 amide bonds. The quantitative estimate of drug-likeness (QED) is 0.535. The highest BCUT2D eigenvalue weighted by atomic mass is 19.1. The van der Waals surface area contributed by atoms with Crippen molar-refractivity contribution in [2.24, 2.45) is 0 Å². The molecule has 9 heteroatoms. The third kappa shape index (κ3) is 3.23. The molecule has 0 saturated carbocycles. The first-order valence-electron chi connectivity index (χ1n) is 9.19. The lowest BCUT2D eigenvalue weighted by molar-refractivity contribution is -0.384. The molecule has 1 aromatic heterocycles. The minimum Gasteiger partial charge on any atom is -0.494 e. The van der Waals surface area contributed by atoms with E-state index in [4.69, 9.17) is 9.72 Å². The number of rotatable bonds is 4. The Morgan fingerprint density at radius 1 is 1.34 bits per heavy atom. The zero-order valence-electron chi connectivity index (χ0n) is 15.9. The maximum absolute atomic E-state index is 14.4. The summed E-state index contributed by atoms with van der Waals surface area (Å²) in [6.07, 6.45) is 1.71. The number of aryl methyl sites for hydroxylation is 1. The summed E-state index contributed by atoms with van der Waals surface area (Å²) < 4.78 is 20.6. The SMILES string of the molecule is COc1ccc(-n2c([C@H]3CCCN3)nc3c(C)cc([N+](=O)[O-])cc3c2=O)cc1F. The molecule has 1 atom stereocenters. The Kier molecular flexibility index (Phi) is 4.75. The number of nitro benzene ring substituents is 1. The van der Waals surface area contributed by atoms with E-state index in [-0.39, 0.29) is 28.6 Å². The fourth-order valence-electron chi connectivity index (χ4n) is 3.75. The van der Waals surface area contributed by atoms with Crippen LogP contribution in [0.15, 0.2) is 35.1 Å². The molecule has 1 aliphatic heterocycles. The zero-order chi connectivity index (χ0) is 20.7. The molecule has 2 aromatic carbocycles. The van der Waals surface area contributed by atoms with E-state index in [1.165, 1.54) is 35.9 Å². The van der Waals surface area contributed by atoms with Crippen LogP contribution in [0.5, 0.6) is 5.75 Å². The van der Waals surface area contributed by atoms with Crippen LogP contribution in [0.25, 0.3) is 16.6 Å². The normalized spacial score (nSPS) is 16.3. The van der Waals surface area contributed by atoms with Crippen LogP contribution in [0.2, 0.25) is 0 Å². The van der Waals surface area contributed by atoms with Gasteiger partial charge in [-0.15, -0.1) is 0 Å². The first-order valence-corrected chi connectivity index (χ1v) is 9.19. The second-order valence-electron chi connectivity index (χ2n) is 6.99. The van der Waals surface area contributed by atoms with E-state index in [2.05, 4.69) is 5.32 Å². The van der Waals surface area contributed by atoms with Crippen molar-refractivity contribution in [1.29, 1.82) is 0 Å². The summed E-state index contributed by atoms with van der Waals surface area (Å²) in [5.41, 5.74) is 0.576. The smallest absolute Gasteiger partial charge is 0.270 e. The topological polar surface area (TPSA) is 99.3 Å². The van der Waals surface area contributed by atoms with Gasteiger partial charge in [0, 0.05) is 18.2 Å². The van der Waals surface area contributed by atoms with Crippen molar-refractivity contribution in [3.05, 3.63) is 68.0 Å². The van der Waals surface area contributed by atoms with Gasteiger partial charge >= 0.3 is 0 Å². The highest BCUT2D eigenvalue weighted by molar-refractivity contribution is 5.84. The maximum atomic E-state index is 14.4. The third-order valence-electron chi connectivity index (χ3n) is 5.15. The maximum Gasteiger partial charge on any atom is 0.270 e. The van der Waals surface area contributed by atoms with Crippen molar-refractivity contribution >= 4 is 16.6 Å². The number of benzene rings is 2. The molecule has 0 aliphatic carbocycles. The van der Waals surface area contributed by atoms with Crippen molar-refractivity contribution in [3.8, 4) is 11.4 Å². The van der Waals surface area contributed by atoms with Gasteiger partial charge in [-0.2, -0.15) is 0 Å². The van der Waals surface area contributed by atoms with Crippen LogP contribution in [0.4, 0.5) is 10.1 Å². The van der Waals surface area contributed by atoms with Gasteiger partial charge in [0.15, 0.2) is 11.6 Å². The molecule has 0 unspecified atom stereocenters. The van der Waals surface area contributed by atoms with E-state index in [0.29, 0.717) is 16.9 Å². The molecule has 1 aliphatic rings. The molecule has 3 aromatic rings. The Hall–Kier alpha value is -3.33. The predicted octanol–water partition coefficient (Wildman–Crippen LogP) is 3.17. The molecule has 0 bridgehead atoms. The molecular formula is C20H19FN4O4. The number of hydrogen-bond acceptors (Lipinski definition) is 6. The molecular weight excluding hydrogens is 379 g/mol. The van der Waals surface area contributed by atoms with E-state index in [0.717, 1.165) is 19.4 Å². The molecule has 29 heavy (non-hydrogen) atoms. The van der Waals surface area contributed by atoms with Gasteiger partial charge in [0.25, 0.3) is 11.2 Å². The van der Waals surface area contributed by atoms with Crippen LogP contribution in [0, 0.1) is 22.9 Å². The molecule has 1 saturated heterocycles. The number of fused-ring (bicyclic) bond motifs is 1. The molecule has 150 valence electrons. The monoisotopic (exact) mass is 398 g/mol. The number of non-ortho nitro benzene ring substituents is 1. The Morgan fingerprint density at radius 2 is 2.14 bits per heavy atom. The average molecular weight is 398 g/mol. The van der Waals surface area contributed by atoms with Crippen molar-refractivity contribution in [2.45, 2.75) is 25.8 Å². The number of methoxy groups -OCH3 is 1. The third-order valence-corrected chi connectivity index (χ3v) is 5.15. The molecule has 4 rings (SSSR count). The molecule has 1 fully saturated rings. The second-order valence-corrected chi connectivity index (χ2v) is 6.99. The van der Waals surface area contributed by atoms with Crippen LogP contribution in [0.3, 0.4) is 0 Å². The summed E-state index contributed by atoms with van der Waals surface area (Å²) in [7, 11) is 1.36. The standard InChI is InChI=1S/C20H19FN4O4/c1-11-8-13(25(27)28)9-14-18(11)23-19(16-4-3-7-22-16)24(20(14)26)12-5-6-17(29-2)15(21)10-12/h5-6,8-10,16,22H,3-4,7H2,1-2H3/t16-/m1/s1. The van der Waals surface area contributed by atoms with Crippen LogP contribution in [0.1, 0.15) is 30.3 Å². The van der Waals surface area contributed by atoms with Gasteiger partial charge in [-0.05, 0) is 44.0 Å². The Balaban J connectivity index is 2.06. The predicted molar refractivity (Wildman–Crippen MR) is 105 cm³/mol. The van der Waals surface area contributed by atoms with Gasteiger partial charge in [0.05, 0.1) is 34.7 Å². The molecule has 8 nitrogen and oxygen atoms in total. The lowest BCUT2D eigenvalue weighted by Gasteiger charge is -2.19. The highest BCUT2D eigenvalue weighted by Gasteiger charge is 2.25. The Morgan fingerprint density at radius 3 is 2.76 bits per heavy atom. The lowest BCUT2D eigenvalue weighted by Crippen LogP contribution is -2.29. The number of ether oxygens (including phenoxy) is 1. The number of nitrogens with one attached hydrogen (secondary N) is 1. The number of aromatic nitrogens is 2. The summed E-state index contributed by atoms with van der Waals surface area (Å²) in [6.45, 7) is 2.47. The van der Waals surface area contributed by atoms with Crippen LogP contribution < -0.4 is 15.6 Å². The fourth-order valence-corrected chi connectivity index (χ4v) is 3.75. The van der Waals surface area contributed by atoms with Crippen molar-refractivity contribution < 1.29 is 14.1 Å². The van der Waals surface area contributed by atoms with Crippen LogP contribution >= 0.6 is 0 Å². The van der Waals surface area contributed by atoms with Crippen molar-refractivity contribution in [2.75, 3.05) is 13.7 Å². The summed E-state index contributed by atoms with van der Waals surface area (Å²) in [5, 5.41) is 14.7. The summed E-state index contributed by atoms with van der Waals surface area (Å²) in [4.78, 5) is 28.8. The van der Waals surface area contributed by atoms with Crippen molar-refractivity contribution in [1.82, 2.24) is 14.9 Å². The van der Waals surface area contributed by atoms with Crippen molar-refractivity contribution in [3.63, 3.8) is 0 Å². The highest BCUT2D eigenvalue weighted by Crippen LogP contribution is 2.28. The zero-order valence-corrected chi connectivity index (χ0v) is 15.9. The van der Waals surface area contributed by atoms with Gasteiger partial charge < -0.3 is 10.1 Å². The van der Waals surface area contributed by atoms with E-state index in [1.807, 2.05) is 0 Å². The Bertz CT molecular complexity index is 1190. The summed E-state index contributed by atoms with van der Waals surface area (Å²) in [5.74, 6) is -0.0957. The number of hydrogen-bond donors (Lipinski definition) is 1. The van der Waals surface area contributed by atoms with Gasteiger partial charge in [-0.3, -0.25) is 19.5 Å². The molecule has 1 N–H and O–H groups in total. The van der Waals surface area contributed by atoms with Gasteiger partial charge in [-0.25, -0.2) is 9.37 Å². The van der Waals surface area contributed by atoms with Crippen LogP contribution in [-0.2, 0) is 0 Å². The molecule has 2 heterocycles. The Labute approximate surface area is 165 Å². The largest absolute Gasteiger partial charge is 0.494 e. The lowest BCUT2D eigenvalue weighted by atomic mass is 10.1. The summed E-state index contributed by atoms with van der Waals surface area (Å²) in [6, 6.07) is 6.66. The van der Waals surface area contributed by atoms with E-state index in [1.54, 1.807) is 13.0 Å². The molecule has 0 radical (unpaired) electrons. The number of halogens is 1. The van der Waals surface area contributed by atoms with E-state index < -0.39 is 16.3 Å². The van der Waals surface area contributed by atoms with Gasteiger partial charge in [0.2, 0.25) is 0 Å². The van der Waals surface area contributed by atoms with Gasteiger partial charge in [-0.1, -0.05) is 0 Å². The molecule has 0 spiro atoms. The number of nitrogens with zero attached hydrogens (tertiary/aromatic N) is 3. The minimum atomic E-state index is -0.613. The first kappa shape index (κ1) is 19.0. The van der Waals surface area contributed by atoms with Gasteiger partial charge in [0.1, 0.15) is 5.82 Å². The minimum absolute atomic E-state index is 0.0579. The second kappa shape index (κ2) is 7.25. The van der Waals surface area contributed by atoms with E-state index in [9.17, 15) is 19.3 Å². The number of nitro groups is 1. The van der Waals surface area contributed by atoms with E-state index >= 15 is 0 Å². The fraction of sp³-hybridized carbons (Fsp3) is 0.300. The average Bonchev–Trinajstić information content (AvgIpc) is 3.22. The first-order chi connectivity index (χ1) is 13.9. The summed E-state index contributed by atoms with van der Waals surface area (Å²) >= 11 is 0. The van der Waals surface area contributed by atoms with Crippen LogP contribution in [-0.4, -0.2) is 28.1 Å².